The Bertz CT molecular complexity index is 345. The maximum Gasteiger partial charge on any atom is 0.0457 e. The molecule has 0 aliphatic heterocycles. The van der Waals surface area contributed by atoms with Crippen molar-refractivity contribution in [3.63, 3.8) is 0 Å². The van der Waals surface area contributed by atoms with Crippen LogP contribution in [0.4, 0.5) is 0 Å². The lowest BCUT2D eigenvalue weighted by Crippen LogP contribution is -2.32. The predicted molar refractivity (Wildman–Crippen MR) is 62.8 cm³/mol. The zero-order chi connectivity index (χ0) is 10.8. The largest absolute Gasteiger partial charge is 0.321 e. The Kier molecular flexibility index (Phi) is 3.59. The van der Waals surface area contributed by atoms with Gasteiger partial charge in [0.05, 0.1) is 0 Å². The number of benzene rings is 1. The standard InChI is InChI=1S/C11H13Cl2N/c1-3-6-11(2,14)9-7-8(12)4-5-10(9)13/h3-5,7H,1,6,14H2,2H3. The van der Waals surface area contributed by atoms with Crippen molar-refractivity contribution < 1.29 is 0 Å². The van der Waals surface area contributed by atoms with Gasteiger partial charge in [-0.05, 0) is 37.1 Å². The van der Waals surface area contributed by atoms with E-state index in [9.17, 15) is 0 Å². The molecule has 0 heterocycles. The van der Waals surface area contributed by atoms with Crippen molar-refractivity contribution in [2.75, 3.05) is 0 Å². The number of rotatable bonds is 3. The minimum Gasteiger partial charge on any atom is -0.321 e. The van der Waals surface area contributed by atoms with Gasteiger partial charge in [-0.3, -0.25) is 0 Å². The van der Waals surface area contributed by atoms with Crippen LogP contribution in [-0.2, 0) is 5.54 Å². The molecule has 0 aromatic heterocycles. The molecule has 3 heteroatoms. The molecule has 1 unspecified atom stereocenters. The van der Waals surface area contributed by atoms with Crippen LogP contribution in [0.5, 0.6) is 0 Å². The summed E-state index contributed by atoms with van der Waals surface area (Å²) in [6, 6.07) is 5.30. The molecule has 0 aliphatic rings. The Morgan fingerprint density at radius 3 is 2.71 bits per heavy atom. The van der Waals surface area contributed by atoms with Gasteiger partial charge < -0.3 is 5.73 Å². The van der Waals surface area contributed by atoms with E-state index in [0.29, 0.717) is 16.5 Å². The number of hydrogen-bond acceptors (Lipinski definition) is 1. The summed E-state index contributed by atoms with van der Waals surface area (Å²) in [6.07, 6.45) is 2.43. The molecule has 1 aromatic carbocycles. The van der Waals surface area contributed by atoms with Crippen LogP contribution < -0.4 is 5.73 Å². The first-order valence-corrected chi connectivity index (χ1v) is 5.08. The Labute approximate surface area is 94.5 Å². The fourth-order valence-electron chi connectivity index (χ4n) is 1.34. The first kappa shape index (κ1) is 11.6. The van der Waals surface area contributed by atoms with Gasteiger partial charge in [-0.1, -0.05) is 29.3 Å². The second-order valence-electron chi connectivity index (χ2n) is 3.53. The normalized spacial score (nSPS) is 14.9. The molecule has 0 radical (unpaired) electrons. The molecule has 0 fully saturated rings. The van der Waals surface area contributed by atoms with Gasteiger partial charge in [-0.25, -0.2) is 0 Å². The van der Waals surface area contributed by atoms with Gasteiger partial charge in [0.2, 0.25) is 0 Å². The minimum atomic E-state index is -0.510. The molecule has 2 N–H and O–H groups in total. The average molecular weight is 230 g/mol. The molecule has 0 aliphatic carbocycles. The van der Waals surface area contributed by atoms with Crippen LogP contribution in [0.3, 0.4) is 0 Å². The molecular weight excluding hydrogens is 217 g/mol. The van der Waals surface area contributed by atoms with Crippen molar-refractivity contribution in [1.82, 2.24) is 0 Å². The fraction of sp³-hybridized carbons (Fsp3) is 0.273. The third-order valence-electron chi connectivity index (χ3n) is 2.11. The molecule has 0 saturated heterocycles. The SMILES string of the molecule is C=CCC(C)(N)c1cc(Cl)ccc1Cl. The Hall–Kier alpha value is -0.500. The van der Waals surface area contributed by atoms with Gasteiger partial charge in [0.1, 0.15) is 0 Å². The molecule has 0 bridgehead atoms. The third kappa shape index (κ3) is 2.50. The second-order valence-corrected chi connectivity index (χ2v) is 4.38. The Morgan fingerprint density at radius 1 is 1.50 bits per heavy atom. The van der Waals surface area contributed by atoms with Crippen molar-refractivity contribution in [3.05, 3.63) is 46.5 Å². The van der Waals surface area contributed by atoms with Crippen LogP contribution in [0.2, 0.25) is 10.0 Å². The summed E-state index contributed by atoms with van der Waals surface area (Å²) in [4.78, 5) is 0. The lowest BCUT2D eigenvalue weighted by atomic mass is 9.90. The summed E-state index contributed by atoms with van der Waals surface area (Å²) >= 11 is 11.9. The molecule has 0 spiro atoms. The lowest BCUT2D eigenvalue weighted by molar-refractivity contribution is 0.503. The third-order valence-corrected chi connectivity index (χ3v) is 2.68. The van der Waals surface area contributed by atoms with Crippen LogP contribution in [-0.4, -0.2) is 0 Å². The summed E-state index contributed by atoms with van der Waals surface area (Å²) in [7, 11) is 0. The zero-order valence-corrected chi connectivity index (χ0v) is 9.57. The minimum absolute atomic E-state index is 0.510. The number of hydrogen-bond donors (Lipinski definition) is 1. The van der Waals surface area contributed by atoms with Gasteiger partial charge in [-0.2, -0.15) is 0 Å². The van der Waals surface area contributed by atoms with Gasteiger partial charge in [0.25, 0.3) is 0 Å². The monoisotopic (exact) mass is 229 g/mol. The van der Waals surface area contributed by atoms with Gasteiger partial charge in [0.15, 0.2) is 0 Å². The molecule has 1 rings (SSSR count). The van der Waals surface area contributed by atoms with Crippen LogP contribution in [0.25, 0.3) is 0 Å². The molecule has 1 atom stereocenters. The maximum absolute atomic E-state index is 6.10. The zero-order valence-electron chi connectivity index (χ0n) is 8.06. The lowest BCUT2D eigenvalue weighted by Gasteiger charge is -2.24. The highest BCUT2D eigenvalue weighted by atomic mass is 35.5. The molecule has 0 amide bonds. The fourth-order valence-corrected chi connectivity index (χ4v) is 1.85. The number of nitrogens with two attached hydrogens (primary N) is 1. The number of halogens is 2. The summed E-state index contributed by atoms with van der Waals surface area (Å²) in [5, 5.41) is 1.28. The van der Waals surface area contributed by atoms with E-state index < -0.39 is 5.54 Å². The van der Waals surface area contributed by atoms with Crippen LogP contribution in [0, 0.1) is 0 Å². The smallest absolute Gasteiger partial charge is 0.0457 e. The van der Waals surface area contributed by atoms with Crippen LogP contribution in [0.15, 0.2) is 30.9 Å². The highest BCUT2D eigenvalue weighted by Crippen LogP contribution is 2.31. The van der Waals surface area contributed by atoms with E-state index in [1.54, 1.807) is 24.3 Å². The second kappa shape index (κ2) is 4.35. The predicted octanol–water partition coefficient (Wildman–Crippen LogP) is 3.74. The van der Waals surface area contributed by atoms with Crippen molar-refractivity contribution in [2.24, 2.45) is 5.73 Å². The van der Waals surface area contributed by atoms with Crippen molar-refractivity contribution in [2.45, 2.75) is 18.9 Å². The highest BCUT2D eigenvalue weighted by Gasteiger charge is 2.22. The average Bonchev–Trinajstić information content (AvgIpc) is 2.09. The molecule has 1 nitrogen and oxygen atoms in total. The highest BCUT2D eigenvalue weighted by molar-refractivity contribution is 6.33. The van der Waals surface area contributed by atoms with E-state index in [1.807, 2.05) is 6.92 Å². The van der Waals surface area contributed by atoms with E-state index in [1.165, 1.54) is 0 Å². The van der Waals surface area contributed by atoms with E-state index in [-0.39, 0.29) is 0 Å². The Morgan fingerprint density at radius 2 is 2.14 bits per heavy atom. The summed E-state index contributed by atoms with van der Waals surface area (Å²) < 4.78 is 0. The van der Waals surface area contributed by atoms with Crippen molar-refractivity contribution >= 4 is 23.2 Å². The maximum atomic E-state index is 6.10. The van der Waals surface area contributed by atoms with Gasteiger partial charge in [-0.15, -0.1) is 6.58 Å². The van der Waals surface area contributed by atoms with E-state index in [0.717, 1.165) is 5.56 Å². The summed E-state index contributed by atoms with van der Waals surface area (Å²) in [6.45, 7) is 5.58. The van der Waals surface area contributed by atoms with E-state index >= 15 is 0 Å². The molecule has 14 heavy (non-hydrogen) atoms. The Balaban J connectivity index is 3.16. The summed E-state index contributed by atoms with van der Waals surface area (Å²) in [5.41, 5.74) is 6.45. The van der Waals surface area contributed by atoms with Crippen LogP contribution in [0.1, 0.15) is 18.9 Å². The van der Waals surface area contributed by atoms with Crippen molar-refractivity contribution in [3.8, 4) is 0 Å². The molecular formula is C11H13Cl2N. The van der Waals surface area contributed by atoms with Crippen molar-refractivity contribution in [1.29, 1.82) is 0 Å². The molecule has 0 saturated carbocycles. The van der Waals surface area contributed by atoms with Gasteiger partial charge >= 0.3 is 0 Å². The van der Waals surface area contributed by atoms with Gasteiger partial charge in [0, 0.05) is 15.6 Å². The van der Waals surface area contributed by atoms with E-state index in [4.69, 9.17) is 28.9 Å². The quantitative estimate of drug-likeness (QED) is 0.786. The first-order chi connectivity index (χ1) is 6.47. The van der Waals surface area contributed by atoms with E-state index in [2.05, 4.69) is 6.58 Å². The topological polar surface area (TPSA) is 26.0 Å². The van der Waals surface area contributed by atoms with Crippen LogP contribution >= 0.6 is 23.2 Å². The summed E-state index contributed by atoms with van der Waals surface area (Å²) in [5.74, 6) is 0. The molecule has 1 aromatic rings. The first-order valence-electron chi connectivity index (χ1n) is 4.32. The molecule has 76 valence electrons.